The summed E-state index contributed by atoms with van der Waals surface area (Å²) in [6.07, 6.45) is 1.95. The van der Waals surface area contributed by atoms with Crippen LogP contribution in [0.3, 0.4) is 0 Å². The fourth-order valence-corrected chi connectivity index (χ4v) is 2.10. The minimum absolute atomic E-state index is 0.336. The van der Waals surface area contributed by atoms with E-state index in [2.05, 4.69) is 15.6 Å². The van der Waals surface area contributed by atoms with Crippen molar-refractivity contribution in [3.05, 3.63) is 53.2 Å². The van der Waals surface area contributed by atoms with Gasteiger partial charge in [-0.15, -0.1) is 0 Å². The number of nitrogens with zero attached hydrogens (tertiary/aromatic N) is 1. The first kappa shape index (κ1) is 16.1. The first-order chi connectivity index (χ1) is 10.7. The van der Waals surface area contributed by atoms with Gasteiger partial charge in [0.2, 0.25) is 0 Å². The largest absolute Gasteiger partial charge is 0.450 e. The molecule has 2 N–H and O–H groups in total. The van der Waals surface area contributed by atoms with Crippen LogP contribution < -0.4 is 10.6 Å². The van der Waals surface area contributed by atoms with Gasteiger partial charge in [0.15, 0.2) is 0 Å². The summed E-state index contributed by atoms with van der Waals surface area (Å²) in [7, 11) is 0. The molecule has 1 heterocycles. The van der Waals surface area contributed by atoms with Crippen molar-refractivity contribution in [2.24, 2.45) is 0 Å². The number of pyridine rings is 1. The number of carbonyl (C=O) groups is 1. The lowest BCUT2D eigenvalue weighted by molar-refractivity contribution is 0.168. The van der Waals surface area contributed by atoms with Gasteiger partial charge in [0.1, 0.15) is 5.82 Å². The highest BCUT2D eigenvalue weighted by Gasteiger charge is 2.02. The Morgan fingerprint density at radius 3 is 2.86 bits per heavy atom. The average molecular weight is 320 g/mol. The van der Waals surface area contributed by atoms with Crippen LogP contribution >= 0.6 is 11.6 Å². The van der Waals surface area contributed by atoms with Crippen molar-refractivity contribution in [1.82, 2.24) is 4.98 Å². The molecule has 5 nitrogen and oxygen atoms in total. The molecule has 0 saturated carbocycles. The average Bonchev–Trinajstić information content (AvgIpc) is 2.49. The molecule has 2 rings (SSSR count). The van der Waals surface area contributed by atoms with Gasteiger partial charge in [-0.1, -0.05) is 23.7 Å². The van der Waals surface area contributed by atoms with E-state index in [9.17, 15) is 4.79 Å². The molecule has 0 atom stereocenters. The van der Waals surface area contributed by atoms with E-state index in [1.165, 1.54) is 5.56 Å². The van der Waals surface area contributed by atoms with Crippen molar-refractivity contribution in [3.63, 3.8) is 0 Å². The molecule has 0 aliphatic heterocycles. The number of amides is 1. The minimum atomic E-state index is -0.481. The number of aromatic nitrogens is 1. The molecule has 0 fully saturated rings. The topological polar surface area (TPSA) is 63.2 Å². The van der Waals surface area contributed by atoms with Gasteiger partial charge >= 0.3 is 6.09 Å². The molecule has 1 aromatic carbocycles. The van der Waals surface area contributed by atoms with Crippen molar-refractivity contribution in [2.45, 2.75) is 13.3 Å². The molecule has 1 amide bonds. The van der Waals surface area contributed by atoms with E-state index in [1.54, 1.807) is 25.3 Å². The number of carbonyl (C=O) groups excluding carboxylic acids is 1. The summed E-state index contributed by atoms with van der Waals surface area (Å²) < 4.78 is 4.80. The molecular formula is C16H18ClN3O2. The van der Waals surface area contributed by atoms with Crippen LogP contribution in [0.1, 0.15) is 12.5 Å². The monoisotopic (exact) mass is 319 g/mol. The first-order valence-corrected chi connectivity index (χ1v) is 7.43. The van der Waals surface area contributed by atoms with Crippen LogP contribution in [0.5, 0.6) is 0 Å². The van der Waals surface area contributed by atoms with Crippen LogP contribution in [0.15, 0.2) is 42.6 Å². The van der Waals surface area contributed by atoms with Crippen LogP contribution in [0, 0.1) is 0 Å². The van der Waals surface area contributed by atoms with Gasteiger partial charge in [-0.05, 0) is 43.2 Å². The van der Waals surface area contributed by atoms with Crippen LogP contribution in [-0.2, 0) is 11.2 Å². The molecule has 0 bridgehead atoms. The third kappa shape index (κ3) is 5.26. The number of rotatable bonds is 6. The van der Waals surface area contributed by atoms with Crippen LogP contribution in [0.2, 0.25) is 5.02 Å². The maximum absolute atomic E-state index is 11.3. The zero-order valence-corrected chi connectivity index (χ0v) is 13.1. The molecule has 0 aliphatic rings. The Labute approximate surface area is 134 Å². The van der Waals surface area contributed by atoms with E-state index in [0.29, 0.717) is 12.3 Å². The third-order valence-electron chi connectivity index (χ3n) is 2.89. The normalized spacial score (nSPS) is 10.1. The fraction of sp³-hybridized carbons (Fsp3) is 0.250. The molecule has 2 aromatic rings. The van der Waals surface area contributed by atoms with E-state index < -0.39 is 6.09 Å². The van der Waals surface area contributed by atoms with Crippen molar-refractivity contribution in [3.8, 4) is 0 Å². The number of hydrogen-bond donors (Lipinski definition) is 2. The van der Waals surface area contributed by atoms with E-state index >= 15 is 0 Å². The van der Waals surface area contributed by atoms with Crippen LogP contribution in [-0.4, -0.2) is 24.2 Å². The zero-order chi connectivity index (χ0) is 15.8. The summed E-state index contributed by atoms with van der Waals surface area (Å²) in [5.41, 5.74) is 1.76. The Bertz CT molecular complexity index is 617. The Kier molecular flexibility index (Phi) is 6.03. The highest BCUT2D eigenvalue weighted by atomic mass is 35.5. The number of nitrogens with one attached hydrogen (secondary N) is 2. The second-order valence-electron chi connectivity index (χ2n) is 4.58. The quantitative estimate of drug-likeness (QED) is 0.846. The maximum Gasteiger partial charge on any atom is 0.411 e. The van der Waals surface area contributed by atoms with Gasteiger partial charge in [0, 0.05) is 11.6 Å². The number of ether oxygens (including phenoxy) is 1. The second-order valence-corrected chi connectivity index (χ2v) is 5.02. The number of halogens is 1. The van der Waals surface area contributed by atoms with Crippen molar-refractivity contribution < 1.29 is 9.53 Å². The predicted octanol–water partition coefficient (Wildman–Crippen LogP) is 3.96. The molecule has 6 heteroatoms. The summed E-state index contributed by atoms with van der Waals surface area (Å²) in [4.78, 5) is 15.5. The number of benzene rings is 1. The lowest BCUT2D eigenvalue weighted by atomic mass is 10.1. The lowest BCUT2D eigenvalue weighted by Gasteiger charge is -2.08. The Hall–Kier alpha value is -2.27. The van der Waals surface area contributed by atoms with Gasteiger partial charge in [-0.3, -0.25) is 5.32 Å². The Morgan fingerprint density at radius 2 is 2.18 bits per heavy atom. The molecule has 0 saturated heterocycles. The Balaban J connectivity index is 1.80. The summed E-state index contributed by atoms with van der Waals surface area (Å²) in [5.74, 6) is 0.747. The van der Waals surface area contributed by atoms with E-state index in [0.717, 1.165) is 23.8 Å². The van der Waals surface area contributed by atoms with Gasteiger partial charge in [-0.2, -0.15) is 0 Å². The molecule has 116 valence electrons. The summed E-state index contributed by atoms with van der Waals surface area (Å²) in [6.45, 7) is 2.84. The van der Waals surface area contributed by atoms with Crippen molar-refractivity contribution >= 4 is 29.2 Å². The smallest absolute Gasteiger partial charge is 0.411 e. The molecule has 0 unspecified atom stereocenters. The lowest BCUT2D eigenvalue weighted by Crippen LogP contribution is -2.13. The Morgan fingerprint density at radius 1 is 1.32 bits per heavy atom. The second kappa shape index (κ2) is 8.24. The van der Waals surface area contributed by atoms with Crippen molar-refractivity contribution in [1.29, 1.82) is 0 Å². The number of anilines is 2. The summed E-state index contributed by atoms with van der Waals surface area (Å²) >= 11 is 5.94. The fourth-order valence-electron chi connectivity index (χ4n) is 1.88. The summed E-state index contributed by atoms with van der Waals surface area (Å²) in [5, 5.41) is 6.55. The third-order valence-corrected chi connectivity index (χ3v) is 3.13. The van der Waals surface area contributed by atoms with E-state index in [1.807, 2.05) is 24.3 Å². The van der Waals surface area contributed by atoms with Crippen molar-refractivity contribution in [2.75, 3.05) is 23.8 Å². The first-order valence-electron chi connectivity index (χ1n) is 7.05. The zero-order valence-electron chi connectivity index (χ0n) is 12.3. The predicted molar refractivity (Wildman–Crippen MR) is 88.5 cm³/mol. The molecular weight excluding hydrogens is 302 g/mol. The van der Waals surface area contributed by atoms with Gasteiger partial charge in [0.25, 0.3) is 0 Å². The molecule has 0 radical (unpaired) electrons. The highest BCUT2D eigenvalue weighted by Crippen LogP contribution is 2.12. The molecule has 1 aromatic heterocycles. The maximum atomic E-state index is 11.3. The van der Waals surface area contributed by atoms with E-state index in [-0.39, 0.29) is 0 Å². The van der Waals surface area contributed by atoms with Gasteiger partial charge in [0.05, 0.1) is 18.5 Å². The van der Waals surface area contributed by atoms with Gasteiger partial charge in [-0.25, -0.2) is 9.78 Å². The van der Waals surface area contributed by atoms with Gasteiger partial charge < -0.3 is 10.1 Å². The highest BCUT2D eigenvalue weighted by molar-refractivity contribution is 6.30. The standard InChI is InChI=1S/C16H18ClN3O2/c1-2-22-16(21)20-14-6-7-15(19-11-14)18-9-8-12-4-3-5-13(17)10-12/h3-7,10-11H,2,8-9H2,1H3,(H,18,19)(H,20,21). The molecule has 22 heavy (non-hydrogen) atoms. The van der Waals surface area contributed by atoms with Crippen LogP contribution in [0.25, 0.3) is 0 Å². The molecule has 0 aliphatic carbocycles. The summed E-state index contributed by atoms with van der Waals surface area (Å²) in [6, 6.07) is 11.3. The van der Waals surface area contributed by atoms with E-state index in [4.69, 9.17) is 16.3 Å². The van der Waals surface area contributed by atoms with Crippen LogP contribution in [0.4, 0.5) is 16.3 Å². The number of hydrogen-bond acceptors (Lipinski definition) is 4. The minimum Gasteiger partial charge on any atom is -0.450 e. The SMILES string of the molecule is CCOC(=O)Nc1ccc(NCCc2cccc(Cl)c2)nc1. The molecule has 0 spiro atoms.